The fourth-order valence-corrected chi connectivity index (χ4v) is 3.65. The van der Waals surface area contributed by atoms with E-state index in [1.807, 2.05) is 24.3 Å². The first-order valence-electron chi connectivity index (χ1n) is 11.0. The Morgan fingerprint density at radius 3 is 2.74 bits per heavy atom. The van der Waals surface area contributed by atoms with Crippen molar-refractivity contribution >= 4 is 55.9 Å². The highest BCUT2D eigenvalue weighted by Gasteiger charge is 2.18. The molecule has 35 heavy (non-hydrogen) atoms. The van der Waals surface area contributed by atoms with E-state index >= 15 is 0 Å². The van der Waals surface area contributed by atoms with Crippen molar-refractivity contribution in [3.05, 3.63) is 59.4 Å². The maximum Gasteiger partial charge on any atom is 0.323 e. The maximum absolute atomic E-state index is 12.6. The minimum absolute atomic E-state index is 0.303. The Hall–Kier alpha value is -3.50. The molecule has 1 aromatic heterocycles. The molecule has 1 amide bonds. The number of esters is 1. The van der Waals surface area contributed by atoms with Crippen LogP contribution in [0.2, 0.25) is 0 Å². The molecule has 0 radical (unpaired) electrons. The Morgan fingerprint density at radius 1 is 1.23 bits per heavy atom. The largest absolute Gasteiger partial charge is 0.494 e. The lowest BCUT2D eigenvalue weighted by molar-refractivity contribution is -0.148. The molecule has 2 aromatic carbocycles. The fourth-order valence-electron chi connectivity index (χ4n) is 3.25. The van der Waals surface area contributed by atoms with E-state index in [1.165, 1.54) is 19.5 Å². The van der Waals surface area contributed by atoms with Gasteiger partial charge >= 0.3 is 5.97 Å². The molecule has 0 fully saturated rings. The van der Waals surface area contributed by atoms with Crippen molar-refractivity contribution in [1.29, 1.82) is 0 Å². The summed E-state index contributed by atoms with van der Waals surface area (Å²) in [5.41, 5.74) is 2.00. The molecular formula is C25H28BrN5O4. The number of carbonyl (C=O) groups excluding carboxylic acids is 2. The van der Waals surface area contributed by atoms with E-state index in [0.717, 1.165) is 15.5 Å². The second-order valence-corrected chi connectivity index (χ2v) is 8.60. The van der Waals surface area contributed by atoms with Crippen LogP contribution in [0.3, 0.4) is 0 Å². The molecule has 0 bridgehead atoms. The summed E-state index contributed by atoms with van der Waals surface area (Å²) in [6.45, 7) is 4.25. The van der Waals surface area contributed by atoms with Gasteiger partial charge in [0.05, 0.1) is 24.9 Å². The first-order valence-corrected chi connectivity index (χ1v) is 11.8. The number of benzene rings is 2. The number of hydrogen-bond donors (Lipinski definition) is 2. The maximum atomic E-state index is 12.6. The third-order valence-corrected chi connectivity index (χ3v) is 5.75. The van der Waals surface area contributed by atoms with E-state index in [1.54, 1.807) is 44.0 Å². The highest BCUT2D eigenvalue weighted by molar-refractivity contribution is 9.10. The Morgan fingerprint density at radius 2 is 2.03 bits per heavy atom. The van der Waals surface area contributed by atoms with Gasteiger partial charge in [0.15, 0.2) is 0 Å². The summed E-state index contributed by atoms with van der Waals surface area (Å²) in [5.74, 6) is 0.428. The van der Waals surface area contributed by atoms with E-state index in [-0.39, 0.29) is 11.9 Å². The van der Waals surface area contributed by atoms with Crippen LogP contribution in [0.5, 0.6) is 5.75 Å². The van der Waals surface area contributed by atoms with Crippen molar-refractivity contribution in [2.24, 2.45) is 0 Å². The number of hydrogen-bond acceptors (Lipinski definition) is 8. The molecule has 3 aromatic rings. The highest BCUT2D eigenvalue weighted by Crippen LogP contribution is 2.33. The van der Waals surface area contributed by atoms with Crippen LogP contribution in [0.25, 0.3) is 10.9 Å². The van der Waals surface area contributed by atoms with Crippen LogP contribution < -0.4 is 15.4 Å². The number of rotatable bonds is 10. The molecule has 1 unspecified atom stereocenters. The van der Waals surface area contributed by atoms with Gasteiger partial charge in [0, 0.05) is 34.2 Å². The van der Waals surface area contributed by atoms with Crippen molar-refractivity contribution in [1.82, 2.24) is 14.9 Å². The van der Waals surface area contributed by atoms with Gasteiger partial charge in [-0.2, -0.15) is 0 Å². The molecule has 0 saturated heterocycles. The van der Waals surface area contributed by atoms with Crippen LogP contribution in [0.1, 0.15) is 13.8 Å². The Labute approximate surface area is 212 Å². The van der Waals surface area contributed by atoms with Crippen LogP contribution in [0, 0.1) is 0 Å². The predicted octanol–water partition coefficient (Wildman–Crippen LogP) is 4.52. The number of carbonyl (C=O) groups is 2. The smallest absolute Gasteiger partial charge is 0.323 e. The minimum atomic E-state index is -0.417. The molecule has 0 aliphatic carbocycles. The van der Waals surface area contributed by atoms with E-state index in [9.17, 15) is 9.59 Å². The number of halogens is 1. The summed E-state index contributed by atoms with van der Waals surface area (Å²) < 4.78 is 11.4. The topological polar surface area (TPSA) is 106 Å². The Kier molecular flexibility index (Phi) is 9.16. The molecule has 0 saturated carbocycles. The van der Waals surface area contributed by atoms with E-state index in [2.05, 4.69) is 36.5 Å². The zero-order valence-corrected chi connectivity index (χ0v) is 21.6. The summed E-state index contributed by atoms with van der Waals surface area (Å²) in [4.78, 5) is 35.0. The molecule has 3 rings (SSSR count). The molecule has 1 atom stereocenters. The first-order chi connectivity index (χ1) is 16.8. The lowest BCUT2D eigenvalue weighted by Gasteiger charge is -2.21. The van der Waals surface area contributed by atoms with Crippen LogP contribution >= 0.6 is 15.9 Å². The van der Waals surface area contributed by atoms with Gasteiger partial charge < -0.3 is 20.1 Å². The highest BCUT2D eigenvalue weighted by atomic mass is 79.9. The second-order valence-electron chi connectivity index (χ2n) is 7.69. The summed E-state index contributed by atoms with van der Waals surface area (Å²) in [6, 6.07) is 10.8. The molecule has 184 valence electrons. The molecule has 0 aliphatic heterocycles. The number of methoxy groups -OCH3 is 1. The van der Waals surface area contributed by atoms with Gasteiger partial charge in [-0.25, -0.2) is 9.97 Å². The molecule has 9 nitrogen and oxygen atoms in total. The van der Waals surface area contributed by atoms with Gasteiger partial charge in [0.1, 0.15) is 23.9 Å². The van der Waals surface area contributed by atoms with Crippen LogP contribution in [0.15, 0.2) is 59.4 Å². The number of ether oxygens (including phenoxy) is 2. The van der Waals surface area contributed by atoms with Gasteiger partial charge in [-0.05, 0) is 45.2 Å². The SMILES string of the molecule is CCOC(=O)C(C)N(C)C/C=C/C(=O)Nc1cc2c(Nc3cccc(Br)c3)ncnc2cc1OC. The van der Waals surface area contributed by atoms with Crippen LogP contribution in [-0.2, 0) is 14.3 Å². The van der Waals surface area contributed by atoms with Crippen molar-refractivity contribution in [2.75, 3.05) is 37.9 Å². The lowest BCUT2D eigenvalue weighted by atomic mass is 10.1. The standard InChI is InChI=1S/C25H28BrN5O4/c1-5-35-25(33)16(2)31(3)11-7-10-23(32)30-21-13-19-20(14-22(21)34-4)27-15-28-24(19)29-18-9-6-8-17(26)12-18/h6-10,12-16H,5,11H2,1-4H3,(H,30,32)(H,27,28,29)/b10-7+. The predicted molar refractivity (Wildman–Crippen MR) is 140 cm³/mol. The van der Waals surface area contributed by atoms with Gasteiger partial charge in [-0.1, -0.05) is 28.1 Å². The number of fused-ring (bicyclic) bond motifs is 1. The molecule has 0 aliphatic rings. The number of amides is 1. The van der Waals surface area contributed by atoms with Gasteiger partial charge in [-0.15, -0.1) is 0 Å². The van der Waals surface area contributed by atoms with Crippen molar-refractivity contribution in [3.63, 3.8) is 0 Å². The van der Waals surface area contributed by atoms with Crippen molar-refractivity contribution < 1.29 is 19.1 Å². The van der Waals surface area contributed by atoms with E-state index in [0.29, 0.717) is 35.9 Å². The quantitative estimate of drug-likeness (QED) is 0.285. The van der Waals surface area contributed by atoms with Crippen molar-refractivity contribution in [2.45, 2.75) is 19.9 Å². The molecule has 1 heterocycles. The summed E-state index contributed by atoms with van der Waals surface area (Å²) in [6.07, 6.45) is 4.57. The average molecular weight is 542 g/mol. The normalized spacial score (nSPS) is 12.1. The van der Waals surface area contributed by atoms with E-state index in [4.69, 9.17) is 9.47 Å². The number of anilines is 3. The third kappa shape index (κ3) is 7.00. The van der Waals surface area contributed by atoms with E-state index < -0.39 is 6.04 Å². The second kappa shape index (κ2) is 12.3. The van der Waals surface area contributed by atoms with Crippen LogP contribution in [0.4, 0.5) is 17.2 Å². The number of nitrogens with one attached hydrogen (secondary N) is 2. The fraction of sp³-hybridized carbons (Fsp3) is 0.280. The first kappa shape index (κ1) is 26.1. The number of likely N-dealkylation sites (N-methyl/N-ethyl adjacent to an activating group) is 1. The van der Waals surface area contributed by atoms with Gasteiger partial charge in [0.2, 0.25) is 5.91 Å². The lowest BCUT2D eigenvalue weighted by Crippen LogP contribution is -2.37. The summed E-state index contributed by atoms with van der Waals surface area (Å²) in [7, 11) is 3.32. The third-order valence-electron chi connectivity index (χ3n) is 5.25. The zero-order chi connectivity index (χ0) is 25.4. The minimum Gasteiger partial charge on any atom is -0.494 e. The van der Waals surface area contributed by atoms with Crippen LogP contribution in [-0.4, -0.2) is 60.1 Å². The molecular weight excluding hydrogens is 514 g/mol. The summed E-state index contributed by atoms with van der Waals surface area (Å²) in [5, 5.41) is 6.86. The monoisotopic (exact) mass is 541 g/mol. The molecule has 10 heteroatoms. The van der Waals surface area contributed by atoms with Crippen molar-refractivity contribution in [3.8, 4) is 5.75 Å². The summed E-state index contributed by atoms with van der Waals surface area (Å²) >= 11 is 3.46. The van der Waals surface area contributed by atoms with Gasteiger partial charge in [-0.3, -0.25) is 14.5 Å². The molecule has 2 N–H and O–H groups in total. The number of nitrogens with zero attached hydrogens (tertiary/aromatic N) is 3. The Bertz CT molecular complexity index is 1230. The average Bonchev–Trinajstić information content (AvgIpc) is 2.83. The zero-order valence-electron chi connectivity index (χ0n) is 20.0. The molecule has 0 spiro atoms. The number of aromatic nitrogens is 2. The Balaban J connectivity index is 1.77. The van der Waals surface area contributed by atoms with Gasteiger partial charge in [0.25, 0.3) is 0 Å².